The molecule has 1 atom stereocenters. The summed E-state index contributed by atoms with van der Waals surface area (Å²) in [7, 11) is -5.12. The van der Waals surface area contributed by atoms with E-state index < -0.39 is 48.1 Å². The smallest absolute Gasteiger partial charge is 0.428 e. The van der Waals surface area contributed by atoms with Crippen LogP contribution in [0.4, 0.5) is 4.79 Å². The predicted molar refractivity (Wildman–Crippen MR) is 156 cm³/mol. The van der Waals surface area contributed by atoms with Gasteiger partial charge < -0.3 is 4.74 Å². The molecule has 0 aliphatic heterocycles. The van der Waals surface area contributed by atoms with Crippen molar-refractivity contribution in [2.75, 3.05) is 24.8 Å². The Morgan fingerprint density at radius 2 is 1.64 bits per heavy atom. The maximum Gasteiger partial charge on any atom is 0.428 e. The highest BCUT2D eigenvalue weighted by molar-refractivity contribution is 7.93. The van der Waals surface area contributed by atoms with Crippen LogP contribution in [-0.4, -0.2) is 64.3 Å². The number of nitrogens with one attached hydrogen (secondary N) is 1. The molecule has 0 bridgehead atoms. The van der Waals surface area contributed by atoms with Crippen LogP contribution in [0, 0.1) is 5.41 Å². The molecule has 0 saturated heterocycles. The van der Waals surface area contributed by atoms with E-state index in [4.69, 9.17) is 4.74 Å². The van der Waals surface area contributed by atoms with Gasteiger partial charge in [-0.15, -0.1) is 0 Å². The first kappa shape index (κ1) is 34.6. The summed E-state index contributed by atoms with van der Waals surface area (Å²) in [4.78, 5) is 26.2. The first-order valence-electron chi connectivity index (χ1n) is 13.1. The average molecular weight is 587 g/mol. The van der Waals surface area contributed by atoms with Crippen LogP contribution in [-0.2, 0) is 34.6 Å². The van der Waals surface area contributed by atoms with E-state index in [1.54, 1.807) is 52.0 Å². The van der Waals surface area contributed by atoms with Gasteiger partial charge >= 0.3 is 6.09 Å². The number of carbonyl (C=O) groups excluding carboxylic acids is 2. The van der Waals surface area contributed by atoms with E-state index in [2.05, 4.69) is 5.43 Å². The molecule has 1 unspecified atom stereocenters. The Balaban J connectivity index is 3.30. The van der Waals surface area contributed by atoms with Crippen molar-refractivity contribution in [3.63, 3.8) is 0 Å². The maximum absolute atomic E-state index is 13.7. The fourth-order valence-corrected chi connectivity index (χ4v) is 6.71. The molecule has 1 rings (SSSR count). The molecule has 0 radical (unpaired) electrons. The molecule has 0 spiro atoms. The third kappa shape index (κ3) is 12.5. The largest absolute Gasteiger partial charge is 0.442 e. The van der Waals surface area contributed by atoms with Crippen molar-refractivity contribution in [1.82, 2.24) is 10.4 Å². The zero-order chi connectivity index (χ0) is 30.3. The number of rotatable bonds is 12. The Morgan fingerprint density at radius 1 is 1.03 bits per heavy atom. The van der Waals surface area contributed by atoms with Gasteiger partial charge in [0.2, 0.25) is 5.91 Å². The molecular weight excluding hydrogens is 540 g/mol. The van der Waals surface area contributed by atoms with Crippen LogP contribution in [0.2, 0.25) is 0 Å². The fourth-order valence-electron chi connectivity index (χ4n) is 4.20. The fraction of sp³-hybridized carbons (Fsp3) is 0.643. The van der Waals surface area contributed by atoms with Crippen molar-refractivity contribution >= 4 is 37.8 Å². The van der Waals surface area contributed by atoms with Crippen LogP contribution in [0.3, 0.4) is 0 Å². The van der Waals surface area contributed by atoms with Crippen molar-refractivity contribution < 1.29 is 31.2 Å². The molecule has 0 heterocycles. The van der Waals surface area contributed by atoms with Gasteiger partial charge in [-0.2, -0.15) is 0 Å². The molecular formula is C28H46N2O7S2. The summed E-state index contributed by atoms with van der Waals surface area (Å²) in [6.07, 6.45) is 3.87. The second-order valence-corrected chi connectivity index (χ2v) is 16.3. The van der Waals surface area contributed by atoms with Gasteiger partial charge in [-0.25, -0.2) is 26.6 Å². The zero-order valence-corrected chi connectivity index (χ0v) is 26.5. The minimum Gasteiger partial charge on any atom is -0.442 e. The summed E-state index contributed by atoms with van der Waals surface area (Å²) in [6, 6.07) is 6.99. The highest BCUT2D eigenvalue weighted by Gasteiger charge is 2.37. The number of sulfone groups is 2. The third-order valence-corrected chi connectivity index (χ3v) is 9.01. The van der Waals surface area contributed by atoms with E-state index in [-0.39, 0.29) is 11.5 Å². The molecule has 1 N–H and O–H groups in total. The molecule has 0 aliphatic rings. The quantitative estimate of drug-likeness (QED) is 0.346. The number of ether oxygens (including phenoxy) is 1. The molecule has 0 fully saturated rings. The average Bonchev–Trinajstić information content (AvgIpc) is 2.75. The van der Waals surface area contributed by atoms with Crippen molar-refractivity contribution in [2.24, 2.45) is 5.41 Å². The van der Waals surface area contributed by atoms with Crippen molar-refractivity contribution in [2.45, 2.75) is 85.2 Å². The number of amides is 2. The SMILES string of the molecule is CCCS(=O)(=O)CC(C)(C)CCCC(C)(C(=O)NN(C)C(=O)OC(C)(C)C)c1cccc(/C=C/S(C)(=O)=O)c1. The third-order valence-electron chi connectivity index (χ3n) is 6.13. The topological polar surface area (TPSA) is 127 Å². The number of carbonyl (C=O) groups is 2. The number of hydrazine groups is 1. The van der Waals surface area contributed by atoms with Crippen molar-refractivity contribution in [3.8, 4) is 0 Å². The predicted octanol–water partition coefficient (Wildman–Crippen LogP) is 4.88. The highest BCUT2D eigenvalue weighted by atomic mass is 32.2. The minimum atomic E-state index is -3.34. The van der Waals surface area contributed by atoms with Gasteiger partial charge in [0.05, 0.1) is 11.2 Å². The van der Waals surface area contributed by atoms with Crippen LogP contribution in [0.5, 0.6) is 0 Å². The number of benzene rings is 1. The monoisotopic (exact) mass is 586 g/mol. The van der Waals surface area contributed by atoms with E-state index in [0.29, 0.717) is 36.8 Å². The van der Waals surface area contributed by atoms with Crippen LogP contribution >= 0.6 is 0 Å². The second kappa shape index (κ2) is 13.3. The molecule has 0 aliphatic carbocycles. The molecule has 1 aromatic rings. The van der Waals surface area contributed by atoms with Gasteiger partial charge in [0, 0.05) is 24.5 Å². The lowest BCUT2D eigenvalue weighted by Crippen LogP contribution is -2.52. The first-order chi connectivity index (χ1) is 17.6. The summed E-state index contributed by atoms with van der Waals surface area (Å²) in [5.74, 6) is -0.248. The van der Waals surface area contributed by atoms with E-state index in [1.807, 2.05) is 20.8 Å². The first-order valence-corrected chi connectivity index (χ1v) is 16.8. The lowest BCUT2D eigenvalue weighted by Gasteiger charge is -2.33. The normalized spacial score (nSPS) is 14.6. The van der Waals surface area contributed by atoms with Gasteiger partial charge in [0.25, 0.3) is 0 Å². The molecule has 9 nitrogen and oxygen atoms in total. The standard InChI is InChI=1S/C28H46N2O7S2/c1-10-18-39(35,36)21-27(5,6)16-12-17-28(7,24(31)29-30(8)25(32)37-26(2,3)4)23-14-11-13-22(20-23)15-19-38(9,33)34/h11,13-15,19-20H,10,12,16-18,21H2,1-9H3,(H,29,31)/b19-15+. The Hall–Kier alpha value is -2.40. The van der Waals surface area contributed by atoms with E-state index in [0.717, 1.165) is 16.7 Å². The summed E-state index contributed by atoms with van der Waals surface area (Å²) in [5.41, 5.74) is 1.50. The summed E-state index contributed by atoms with van der Waals surface area (Å²) < 4.78 is 53.4. The van der Waals surface area contributed by atoms with Gasteiger partial charge in [0.1, 0.15) is 5.60 Å². The Bertz CT molecular complexity index is 1250. The highest BCUT2D eigenvalue weighted by Crippen LogP contribution is 2.34. The Kier molecular flexibility index (Phi) is 11.8. The van der Waals surface area contributed by atoms with Crippen LogP contribution in [0.1, 0.15) is 85.3 Å². The van der Waals surface area contributed by atoms with Crippen molar-refractivity contribution in [3.05, 3.63) is 40.8 Å². The van der Waals surface area contributed by atoms with Crippen LogP contribution < -0.4 is 5.43 Å². The molecule has 0 saturated carbocycles. The summed E-state index contributed by atoms with van der Waals surface area (Å²) in [5, 5.41) is 2.10. The van der Waals surface area contributed by atoms with Gasteiger partial charge in [-0.3, -0.25) is 10.2 Å². The molecule has 222 valence electrons. The van der Waals surface area contributed by atoms with E-state index in [9.17, 15) is 26.4 Å². The molecule has 11 heteroatoms. The number of nitrogens with zero attached hydrogens (tertiary/aromatic N) is 1. The second-order valence-electron chi connectivity index (χ2n) is 12.2. The van der Waals surface area contributed by atoms with Crippen molar-refractivity contribution in [1.29, 1.82) is 0 Å². The minimum absolute atomic E-state index is 0.0594. The molecule has 0 aromatic heterocycles. The summed E-state index contributed by atoms with van der Waals surface area (Å²) in [6.45, 7) is 12.6. The molecule has 2 amide bonds. The van der Waals surface area contributed by atoms with Crippen LogP contribution in [0.25, 0.3) is 6.08 Å². The van der Waals surface area contributed by atoms with E-state index >= 15 is 0 Å². The Labute approximate surface area is 235 Å². The van der Waals surface area contributed by atoms with Crippen LogP contribution in [0.15, 0.2) is 29.7 Å². The van der Waals surface area contributed by atoms with Gasteiger partial charge in [0.15, 0.2) is 19.7 Å². The molecule has 39 heavy (non-hydrogen) atoms. The lowest BCUT2D eigenvalue weighted by atomic mass is 9.75. The zero-order valence-electron chi connectivity index (χ0n) is 24.8. The summed E-state index contributed by atoms with van der Waals surface area (Å²) >= 11 is 0. The number of hydrogen-bond donors (Lipinski definition) is 1. The lowest BCUT2D eigenvalue weighted by molar-refractivity contribution is -0.131. The van der Waals surface area contributed by atoms with Gasteiger partial charge in [-0.05, 0) is 69.6 Å². The maximum atomic E-state index is 13.7. The molecule has 1 aromatic carbocycles. The van der Waals surface area contributed by atoms with Gasteiger partial charge in [-0.1, -0.05) is 51.5 Å². The Morgan fingerprint density at radius 3 is 2.18 bits per heavy atom. The number of hydrogen-bond acceptors (Lipinski definition) is 7. The van der Waals surface area contributed by atoms with E-state index in [1.165, 1.54) is 13.1 Å².